The van der Waals surface area contributed by atoms with Gasteiger partial charge in [-0.3, -0.25) is 0 Å². The maximum atomic E-state index is 8.76. The second-order valence-electron chi connectivity index (χ2n) is 22.1. The third kappa shape index (κ3) is 21.5. The molecule has 6 heterocycles. The van der Waals surface area contributed by atoms with Crippen molar-refractivity contribution in [3.8, 4) is 5.75 Å². The van der Waals surface area contributed by atoms with Crippen molar-refractivity contribution in [2.75, 3.05) is 132 Å². The van der Waals surface area contributed by atoms with E-state index in [2.05, 4.69) is 48.5 Å². The van der Waals surface area contributed by atoms with Crippen LogP contribution < -0.4 is 4.74 Å². The summed E-state index contributed by atoms with van der Waals surface area (Å²) in [6.45, 7) is 35.3. The minimum absolute atomic E-state index is 0.0972. The van der Waals surface area contributed by atoms with Gasteiger partial charge in [-0.1, -0.05) is 112 Å². The van der Waals surface area contributed by atoms with E-state index in [1.165, 1.54) is 77.0 Å². The standard InChI is InChI=1S/C14H28O2.C12H22O2.C12H16O2.C8H16O2.C6H12O2.C5H10O2/c1-4-7-8-13(5-2)9-15-10-14(6-3)11-16-12-14;2*1-2-12(8-13-9-12)10-14-11-6-4-3-5-7-11;1-3-8(5-9-4-2)6-10-7-8;1-2-6(3-7)4-8-5-6;1-5(2-6)3-7-4-5/h13H,4-12H2,1-3H3;11H,2-10H2,1H3;3-7H,2,8-10H2,1H3;3-7H2,1-2H3;7H,2-5H2,1H3;6H,2-4H2,1H3. The minimum Gasteiger partial charge on any atom is -0.493 e. The van der Waals surface area contributed by atoms with Crippen molar-refractivity contribution in [1.82, 2.24) is 0 Å². The summed E-state index contributed by atoms with van der Waals surface area (Å²) in [4.78, 5) is 0. The van der Waals surface area contributed by atoms with Crippen LogP contribution in [0.4, 0.5) is 0 Å². The van der Waals surface area contributed by atoms with Crippen molar-refractivity contribution in [2.45, 2.75) is 158 Å². The third-order valence-corrected chi connectivity index (χ3v) is 15.8. The summed E-state index contributed by atoms with van der Waals surface area (Å²) in [6.07, 6.45) is 18.1. The predicted molar refractivity (Wildman–Crippen MR) is 276 cm³/mol. The molecule has 69 heavy (non-hydrogen) atoms. The molecule has 0 amide bonds. The second-order valence-corrected chi connectivity index (χ2v) is 22.1. The van der Waals surface area contributed by atoms with E-state index in [1.54, 1.807) is 0 Å². The molecule has 1 aromatic rings. The van der Waals surface area contributed by atoms with Gasteiger partial charge in [0.25, 0.3) is 0 Å². The van der Waals surface area contributed by atoms with E-state index < -0.39 is 0 Å². The van der Waals surface area contributed by atoms with Gasteiger partial charge in [0.2, 0.25) is 0 Å². The zero-order valence-corrected chi connectivity index (χ0v) is 45.6. The molecule has 0 aromatic heterocycles. The molecule has 1 saturated carbocycles. The molecule has 7 fully saturated rings. The number of unbranched alkanes of at least 4 members (excludes halogenated alkanes) is 1. The van der Waals surface area contributed by atoms with Gasteiger partial charge in [0.1, 0.15) is 5.75 Å². The maximum Gasteiger partial charge on any atom is 0.119 e. The Balaban J connectivity index is 0.000000224. The Morgan fingerprint density at radius 1 is 0.536 bits per heavy atom. The van der Waals surface area contributed by atoms with Crippen LogP contribution in [0.25, 0.3) is 0 Å². The van der Waals surface area contributed by atoms with E-state index in [4.69, 9.17) is 57.6 Å². The fourth-order valence-corrected chi connectivity index (χ4v) is 8.40. The van der Waals surface area contributed by atoms with Crippen LogP contribution in [0.15, 0.2) is 30.3 Å². The second kappa shape index (κ2) is 33.4. The molecule has 7 aliphatic rings. The molecule has 2 N–H and O–H groups in total. The first-order valence-corrected chi connectivity index (χ1v) is 27.5. The quantitative estimate of drug-likeness (QED) is 0.102. The van der Waals surface area contributed by atoms with Crippen LogP contribution in [-0.2, 0) is 42.6 Å². The number of hydrogen-bond donors (Lipinski definition) is 2. The summed E-state index contributed by atoms with van der Waals surface area (Å²) >= 11 is 0. The molecule has 6 aliphatic heterocycles. The Bertz CT molecular complexity index is 1340. The van der Waals surface area contributed by atoms with Gasteiger partial charge >= 0.3 is 0 Å². The van der Waals surface area contributed by atoms with Gasteiger partial charge in [-0.15, -0.1) is 0 Å². The Hall–Kier alpha value is -1.42. The van der Waals surface area contributed by atoms with Crippen molar-refractivity contribution in [2.24, 2.45) is 38.4 Å². The van der Waals surface area contributed by atoms with Crippen LogP contribution in [0.5, 0.6) is 5.75 Å². The average molecular weight is 981 g/mol. The van der Waals surface area contributed by atoms with Crippen LogP contribution in [0.1, 0.15) is 152 Å². The monoisotopic (exact) mass is 981 g/mol. The smallest absolute Gasteiger partial charge is 0.119 e. The molecule has 1 aliphatic carbocycles. The lowest BCUT2D eigenvalue weighted by molar-refractivity contribution is -0.163. The van der Waals surface area contributed by atoms with Gasteiger partial charge in [0, 0.05) is 40.3 Å². The van der Waals surface area contributed by atoms with Crippen molar-refractivity contribution >= 4 is 0 Å². The number of aliphatic hydroxyl groups excluding tert-OH is 2. The predicted octanol–water partition coefficient (Wildman–Crippen LogP) is 10.8. The van der Waals surface area contributed by atoms with Crippen LogP contribution in [0.3, 0.4) is 0 Å². The lowest BCUT2D eigenvalue weighted by Crippen LogP contribution is -2.46. The number of hydrogen-bond acceptors (Lipinski definition) is 12. The Morgan fingerprint density at radius 2 is 0.986 bits per heavy atom. The highest BCUT2D eigenvalue weighted by Gasteiger charge is 2.40. The highest BCUT2D eigenvalue weighted by atomic mass is 16.5. The number of ether oxygens (including phenoxy) is 10. The first kappa shape index (κ1) is 61.9. The summed E-state index contributed by atoms with van der Waals surface area (Å²) in [5, 5.41) is 17.3. The molecule has 0 spiro atoms. The SMILES string of the molecule is CC1(CO)COC1.CCC1(CO)COC1.CCC1(COC2CCCCC2)COC1.CCC1(COc2ccccc2)COC1.CCCCC(CC)COCC1(CC)COC1.CCOCC1(CC)COC1. The molecule has 404 valence electrons. The Labute approximate surface area is 421 Å². The summed E-state index contributed by atoms with van der Waals surface area (Å²) < 4.78 is 53.8. The fourth-order valence-electron chi connectivity index (χ4n) is 8.40. The molecular weight excluding hydrogens is 877 g/mol. The first-order valence-electron chi connectivity index (χ1n) is 27.5. The van der Waals surface area contributed by atoms with E-state index in [-0.39, 0.29) is 29.5 Å². The molecule has 1 atom stereocenters. The van der Waals surface area contributed by atoms with Gasteiger partial charge < -0.3 is 57.6 Å². The van der Waals surface area contributed by atoms with E-state index in [9.17, 15) is 0 Å². The van der Waals surface area contributed by atoms with Crippen LogP contribution in [0, 0.1) is 38.4 Å². The zero-order chi connectivity index (χ0) is 50.4. The molecule has 6 saturated heterocycles. The molecule has 8 rings (SSSR count). The molecule has 12 heteroatoms. The van der Waals surface area contributed by atoms with E-state index >= 15 is 0 Å². The number of aliphatic hydroxyl groups is 2. The van der Waals surface area contributed by atoms with Crippen LogP contribution >= 0.6 is 0 Å². The van der Waals surface area contributed by atoms with Gasteiger partial charge in [-0.2, -0.15) is 0 Å². The van der Waals surface area contributed by atoms with Gasteiger partial charge in [0.05, 0.1) is 130 Å². The molecular formula is C57H104O12. The largest absolute Gasteiger partial charge is 0.493 e. The first-order chi connectivity index (χ1) is 33.4. The Morgan fingerprint density at radius 3 is 1.32 bits per heavy atom. The van der Waals surface area contributed by atoms with Gasteiger partial charge in [-0.05, 0) is 76.3 Å². The van der Waals surface area contributed by atoms with Gasteiger partial charge in [0.15, 0.2) is 0 Å². The summed E-state index contributed by atoms with van der Waals surface area (Å²) in [5.74, 6) is 1.71. The van der Waals surface area contributed by atoms with Crippen molar-refractivity contribution in [1.29, 1.82) is 0 Å². The number of para-hydroxylation sites is 1. The van der Waals surface area contributed by atoms with Crippen LogP contribution in [0.2, 0.25) is 0 Å². The van der Waals surface area contributed by atoms with Crippen LogP contribution in [-0.4, -0.2) is 148 Å². The molecule has 0 bridgehead atoms. The van der Waals surface area contributed by atoms with E-state index in [1.807, 2.05) is 44.2 Å². The van der Waals surface area contributed by atoms with E-state index in [0.717, 1.165) is 143 Å². The van der Waals surface area contributed by atoms with E-state index in [0.29, 0.717) is 22.3 Å². The number of benzene rings is 1. The summed E-state index contributed by atoms with van der Waals surface area (Å²) in [7, 11) is 0. The highest BCUT2D eigenvalue weighted by molar-refractivity contribution is 5.21. The van der Waals surface area contributed by atoms with Crippen molar-refractivity contribution in [3.05, 3.63) is 30.3 Å². The number of rotatable bonds is 24. The minimum atomic E-state index is 0.0972. The summed E-state index contributed by atoms with van der Waals surface area (Å²) in [6, 6.07) is 9.96. The third-order valence-electron chi connectivity index (χ3n) is 15.8. The average Bonchev–Trinajstić information content (AvgIpc) is 3.31. The Kier molecular flexibility index (Phi) is 30.0. The van der Waals surface area contributed by atoms with Gasteiger partial charge in [-0.25, -0.2) is 0 Å². The van der Waals surface area contributed by atoms with Crippen molar-refractivity contribution in [3.63, 3.8) is 0 Å². The molecule has 1 aromatic carbocycles. The summed E-state index contributed by atoms with van der Waals surface area (Å²) in [5.41, 5.74) is 1.60. The fraction of sp³-hybridized carbons (Fsp3) is 0.895. The lowest BCUT2D eigenvalue weighted by Gasteiger charge is -2.41. The zero-order valence-electron chi connectivity index (χ0n) is 45.6. The molecule has 12 nitrogen and oxygen atoms in total. The molecule has 1 unspecified atom stereocenters. The highest BCUT2D eigenvalue weighted by Crippen LogP contribution is 2.35. The normalized spacial score (nSPS) is 22.8. The van der Waals surface area contributed by atoms with Crippen molar-refractivity contribution < 1.29 is 57.6 Å². The molecule has 0 radical (unpaired) electrons. The lowest BCUT2D eigenvalue weighted by atomic mass is 9.84. The maximum absolute atomic E-state index is 8.76. The topological polar surface area (TPSA) is 133 Å².